The van der Waals surface area contributed by atoms with Crippen LogP contribution in [0.2, 0.25) is 0 Å². The minimum atomic E-state index is -1.43. The number of rotatable bonds is 9. The molecule has 0 aromatic heterocycles. The van der Waals surface area contributed by atoms with E-state index in [1.165, 1.54) is 19.2 Å². The molecule has 3 rings (SSSR count). The lowest BCUT2D eigenvalue weighted by molar-refractivity contribution is -0.288. The second-order valence-electron chi connectivity index (χ2n) is 9.32. The van der Waals surface area contributed by atoms with Gasteiger partial charge in [0.25, 0.3) is 0 Å². The highest BCUT2D eigenvalue weighted by atomic mass is 16.7. The van der Waals surface area contributed by atoms with E-state index in [9.17, 15) is 28.8 Å². The molecule has 0 spiro atoms. The SMILES string of the molecule is COC(=O)C1=C(C)NC(=O)NC1c1ccc(O[C@@H]2O[C@H](COC(C)=O)[C@@H](OC(C)=O)[C@@H](OC(C)=O)[C@H]2OC(C)=O)cc1. The summed E-state index contributed by atoms with van der Waals surface area (Å²) in [6.45, 7) is 5.67. The highest BCUT2D eigenvalue weighted by Gasteiger charge is 2.53. The predicted octanol–water partition coefficient (Wildman–Crippen LogP) is 0.949. The molecule has 15 heteroatoms. The van der Waals surface area contributed by atoms with Crippen molar-refractivity contribution in [1.82, 2.24) is 10.6 Å². The van der Waals surface area contributed by atoms with Gasteiger partial charge in [-0.15, -0.1) is 0 Å². The van der Waals surface area contributed by atoms with Crippen LogP contribution in [0.4, 0.5) is 4.79 Å². The molecule has 0 aliphatic carbocycles. The molecule has 228 valence electrons. The van der Waals surface area contributed by atoms with Gasteiger partial charge in [-0.3, -0.25) is 19.2 Å². The van der Waals surface area contributed by atoms with Crippen LogP contribution in [-0.4, -0.2) is 80.3 Å². The molecule has 2 amide bonds. The molecule has 1 aromatic carbocycles. The smallest absolute Gasteiger partial charge is 0.337 e. The van der Waals surface area contributed by atoms with Crippen molar-refractivity contribution in [2.45, 2.75) is 71.4 Å². The Morgan fingerprint density at radius 2 is 1.40 bits per heavy atom. The molecule has 2 aliphatic heterocycles. The number of hydrogen-bond acceptors (Lipinski definition) is 13. The third-order valence-electron chi connectivity index (χ3n) is 6.09. The fourth-order valence-corrected chi connectivity index (χ4v) is 4.48. The number of benzene rings is 1. The summed E-state index contributed by atoms with van der Waals surface area (Å²) in [5.74, 6) is -3.42. The van der Waals surface area contributed by atoms with Crippen LogP contribution < -0.4 is 15.4 Å². The Morgan fingerprint density at radius 1 is 0.833 bits per heavy atom. The quantitative estimate of drug-likeness (QED) is 0.305. The maximum atomic E-state index is 12.4. The van der Waals surface area contributed by atoms with Gasteiger partial charge < -0.3 is 43.8 Å². The van der Waals surface area contributed by atoms with Crippen molar-refractivity contribution in [3.63, 3.8) is 0 Å². The molecule has 0 bridgehead atoms. The van der Waals surface area contributed by atoms with E-state index in [0.29, 0.717) is 11.3 Å². The summed E-state index contributed by atoms with van der Waals surface area (Å²) >= 11 is 0. The van der Waals surface area contributed by atoms with Crippen LogP contribution in [-0.2, 0) is 52.4 Å². The summed E-state index contributed by atoms with van der Waals surface area (Å²) in [6, 6.07) is 4.82. The largest absolute Gasteiger partial charge is 0.466 e. The van der Waals surface area contributed by atoms with E-state index >= 15 is 0 Å². The second-order valence-corrected chi connectivity index (χ2v) is 9.32. The molecule has 2 heterocycles. The molecule has 1 aromatic rings. The molecular weight excluding hydrogens is 560 g/mol. The van der Waals surface area contributed by atoms with Crippen LogP contribution in [0.1, 0.15) is 46.2 Å². The molecule has 1 unspecified atom stereocenters. The summed E-state index contributed by atoms with van der Waals surface area (Å²) in [5, 5.41) is 5.20. The number of allylic oxidation sites excluding steroid dienone is 1. The lowest BCUT2D eigenvalue weighted by atomic mass is 9.95. The van der Waals surface area contributed by atoms with E-state index in [0.717, 1.165) is 27.7 Å². The number of carbonyl (C=O) groups excluding carboxylic acids is 6. The average Bonchev–Trinajstić information content (AvgIpc) is 2.89. The fourth-order valence-electron chi connectivity index (χ4n) is 4.48. The van der Waals surface area contributed by atoms with Crippen LogP contribution >= 0.6 is 0 Å². The summed E-state index contributed by atoms with van der Waals surface area (Å²) in [4.78, 5) is 71.9. The monoisotopic (exact) mass is 592 g/mol. The first-order chi connectivity index (χ1) is 19.8. The number of hydrogen-bond donors (Lipinski definition) is 2. The Balaban J connectivity index is 1.95. The number of carbonyl (C=O) groups is 6. The number of esters is 5. The maximum Gasteiger partial charge on any atom is 0.337 e. The van der Waals surface area contributed by atoms with Gasteiger partial charge in [-0.1, -0.05) is 12.1 Å². The number of ether oxygens (including phenoxy) is 7. The lowest BCUT2D eigenvalue weighted by Gasteiger charge is -2.43. The second kappa shape index (κ2) is 13.8. The number of nitrogens with one attached hydrogen (secondary N) is 2. The van der Waals surface area contributed by atoms with E-state index in [1.54, 1.807) is 19.1 Å². The third kappa shape index (κ3) is 7.96. The van der Waals surface area contributed by atoms with Crippen molar-refractivity contribution < 1.29 is 61.9 Å². The predicted molar refractivity (Wildman–Crippen MR) is 138 cm³/mol. The normalized spacial score (nSPS) is 25.2. The van der Waals surface area contributed by atoms with Gasteiger partial charge in [0.05, 0.1) is 18.7 Å². The Kier molecular flexibility index (Phi) is 10.5. The summed E-state index contributed by atoms with van der Waals surface area (Å²) < 4.78 is 38.0. The van der Waals surface area contributed by atoms with Crippen molar-refractivity contribution >= 4 is 35.9 Å². The average molecular weight is 593 g/mol. The molecular formula is C27H32N2O13. The fraction of sp³-hybridized carbons (Fsp3) is 0.481. The number of urea groups is 1. The standard InChI is InChI=1S/C27H32N2O13/c1-12-20(25(34)36-6)21(29-27(35)28-12)17-7-9-18(10-8-17)41-26-24(40-16(5)33)23(39-15(4)32)22(38-14(3)31)19(42-26)11-37-13(2)30/h7-10,19,21-24,26H,11H2,1-6H3,(H2,28,29,35)/t19-,21?,22-,23-,24-,26-/m1/s1. The first-order valence-electron chi connectivity index (χ1n) is 12.7. The Labute approximate surface area is 240 Å². The van der Waals surface area contributed by atoms with Crippen LogP contribution in [0.3, 0.4) is 0 Å². The summed E-state index contributed by atoms with van der Waals surface area (Å²) in [6.07, 6.45) is -6.74. The van der Waals surface area contributed by atoms with Crippen molar-refractivity contribution in [2.75, 3.05) is 13.7 Å². The zero-order valence-corrected chi connectivity index (χ0v) is 23.8. The van der Waals surface area contributed by atoms with Gasteiger partial charge in [0.1, 0.15) is 18.5 Å². The molecule has 0 radical (unpaired) electrons. The van der Waals surface area contributed by atoms with Crippen molar-refractivity contribution in [2.24, 2.45) is 0 Å². The van der Waals surface area contributed by atoms with Crippen molar-refractivity contribution in [3.05, 3.63) is 41.1 Å². The van der Waals surface area contributed by atoms with Crippen LogP contribution in [0, 0.1) is 0 Å². The molecule has 2 aliphatic rings. The molecule has 0 saturated carbocycles. The van der Waals surface area contributed by atoms with E-state index in [-0.39, 0.29) is 11.3 Å². The molecule has 2 N–H and O–H groups in total. The van der Waals surface area contributed by atoms with Crippen molar-refractivity contribution in [3.8, 4) is 5.75 Å². The number of methoxy groups -OCH3 is 1. The van der Waals surface area contributed by atoms with Crippen LogP contribution in [0.15, 0.2) is 35.5 Å². The highest BCUT2D eigenvalue weighted by molar-refractivity contribution is 5.94. The number of amides is 2. The first kappa shape index (κ1) is 31.9. The molecule has 15 nitrogen and oxygen atoms in total. The zero-order chi connectivity index (χ0) is 31.1. The van der Waals surface area contributed by atoms with E-state index in [4.69, 9.17) is 33.2 Å². The maximum absolute atomic E-state index is 12.4. The van der Waals surface area contributed by atoms with Gasteiger partial charge >= 0.3 is 35.9 Å². The van der Waals surface area contributed by atoms with E-state index < -0.39 is 79.2 Å². The minimum Gasteiger partial charge on any atom is -0.466 e. The Hall–Kier alpha value is -4.66. The summed E-state index contributed by atoms with van der Waals surface area (Å²) in [5.41, 5.74) is 1.04. The van der Waals surface area contributed by atoms with Gasteiger partial charge in [-0.25, -0.2) is 9.59 Å². The van der Waals surface area contributed by atoms with Gasteiger partial charge in [-0.05, 0) is 24.6 Å². The molecule has 42 heavy (non-hydrogen) atoms. The topological polar surface area (TPSA) is 191 Å². The van der Waals surface area contributed by atoms with Gasteiger partial charge in [-0.2, -0.15) is 0 Å². The Morgan fingerprint density at radius 3 is 1.95 bits per heavy atom. The zero-order valence-electron chi connectivity index (χ0n) is 23.8. The lowest BCUT2D eigenvalue weighted by Crippen LogP contribution is -2.63. The molecule has 6 atom stereocenters. The minimum absolute atomic E-state index is 0.181. The first-order valence-corrected chi connectivity index (χ1v) is 12.7. The van der Waals surface area contributed by atoms with Gasteiger partial charge in [0, 0.05) is 33.4 Å². The van der Waals surface area contributed by atoms with E-state index in [2.05, 4.69) is 10.6 Å². The van der Waals surface area contributed by atoms with Crippen molar-refractivity contribution in [1.29, 1.82) is 0 Å². The molecule has 1 fully saturated rings. The van der Waals surface area contributed by atoms with Crippen LogP contribution in [0.25, 0.3) is 0 Å². The van der Waals surface area contributed by atoms with Crippen LogP contribution in [0.5, 0.6) is 5.75 Å². The van der Waals surface area contributed by atoms with Gasteiger partial charge in [0.2, 0.25) is 12.4 Å². The third-order valence-corrected chi connectivity index (χ3v) is 6.09. The Bertz CT molecular complexity index is 1260. The molecule has 1 saturated heterocycles. The van der Waals surface area contributed by atoms with E-state index in [1.807, 2.05) is 0 Å². The van der Waals surface area contributed by atoms with Gasteiger partial charge in [0.15, 0.2) is 12.2 Å². The summed E-state index contributed by atoms with van der Waals surface area (Å²) in [7, 11) is 1.22. The highest BCUT2D eigenvalue weighted by Crippen LogP contribution is 2.33.